The van der Waals surface area contributed by atoms with Crippen molar-refractivity contribution in [3.8, 4) is 5.88 Å². The Morgan fingerprint density at radius 2 is 1.95 bits per heavy atom. The normalized spacial score (nSPS) is 23.3. The Bertz CT molecular complexity index is 423. The van der Waals surface area contributed by atoms with Crippen molar-refractivity contribution in [1.29, 1.82) is 0 Å². The predicted octanol–water partition coefficient (Wildman–Crippen LogP) is 3.92. The minimum atomic E-state index is -0.360. The zero-order valence-corrected chi connectivity index (χ0v) is 12.6. The Kier molecular flexibility index (Phi) is 4.14. The Morgan fingerprint density at radius 1 is 1.26 bits per heavy atom. The van der Waals surface area contributed by atoms with Crippen LogP contribution in [0, 0.1) is 5.92 Å². The van der Waals surface area contributed by atoms with Gasteiger partial charge in [-0.2, -0.15) is 0 Å². The Balaban J connectivity index is 2.06. The third kappa shape index (κ3) is 3.69. The first-order valence-electron chi connectivity index (χ1n) is 7.19. The maximum Gasteiger partial charge on any atom is 0.213 e. The topological polar surface area (TPSA) is 31.4 Å². The lowest BCUT2D eigenvalue weighted by Gasteiger charge is -2.38. The van der Waals surface area contributed by atoms with Crippen molar-refractivity contribution in [3.63, 3.8) is 0 Å². The van der Waals surface area contributed by atoms with E-state index in [4.69, 9.17) is 9.47 Å². The van der Waals surface area contributed by atoms with Gasteiger partial charge >= 0.3 is 0 Å². The summed E-state index contributed by atoms with van der Waals surface area (Å²) in [6.07, 6.45) is 2.83. The van der Waals surface area contributed by atoms with E-state index >= 15 is 0 Å². The molecule has 0 aromatic carbocycles. The molecule has 1 fully saturated rings. The smallest absolute Gasteiger partial charge is 0.213 e. The quantitative estimate of drug-likeness (QED) is 0.807. The van der Waals surface area contributed by atoms with Crippen LogP contribution >= 0.6 is 0 Å². The van der Waals surface area contributed by atoms with E-state index in [2.05, 4.69) is 25.8 Å². The van der Waals surface area contributed by atoms with Crippen LogP contribution in [-0.2, 0) is 10.3 Å². The molecular formula is C16H25NO2. The SMILES string of the molecule is CC(C)Oc1cccc(C(C)(C)O[C@H]2C[C@H](C)C2)n1. The molecule has 1 saturated carbocycles. The summed E-state index contributed by atoms with van der Waals surface area (Å²) in [6, 6.07) is 5.88. The fourth-order valence-electron chi connectivity index (χ4n) is 2.46. The van der Waals surface area contributed by atoms with Crippen LogP contribution in [0.25, 0.3) is 0 Å². The van der Waals surface area contributed by atoms with Crippen LogP contribution in [0.4, 0.5) is 0 Å². The lowest BCUT2D eigenvalue weighted by molar-refractivity contribution is -0.124. The monoisotopic (exact) mass is 263 g/mol. The van der Waals surface area contributed by atoms with Gasteiger partial charge in [0, 0.05) is 6.07 Å². The van der Waals surface area contributed by atoms with E-state index in [1.165, 1.54) is 0 Å². The van der Waals surface area contributed by atoms with Crippen molar-refractivity contribution in [2.75, 3.05) is 0 Å². The maximum atomic E-state index is 6.17. The summed E-state index contributed by atoms with van der Waals surface area (Å²) in [5.74, 6) is 1.47. The summed E-state index contributed by atoms with van der Waals surface area (Å²) < 4.78 is 11.8. The van der Waals surface area contributed by atoms with Crippen LogP contribution in [-0.4, -0.2) is 17.2 Å². The largest absolute Gasteiger partial charge is 0.475 e. The first-order valence-corrected chi connectivity index (χ1v) is 7.19. The molecule has 3 heteroatoms. The molecule has 2 rings (SSSR count). The van der Waals surface area contributed by atoms with Crippen LogP contribution in [0.2, 0.25) is 0 Å². The van der Waals surface area contributed by atoms with Gasteiger partial charge in [-0.1, -0.05) is 13.0 Å². The highest BCUT2D eigenvalue weighted by Gasteiger charge is 2.33. The van der Waals surface area contributed by atoms with Gasteiger partial charge in [0.25, 0.3) is 0 Å². The molecule has 106 valence electrons. The zero-order valence-electron chi connectivity index (χ0n) is 12.6. The molecule has 0 unspecified atom stereocenters. The van der Waals surface area contributed by atoms with E-state index in [1.807, 2.05) is 32.0 Å². The van der Waals surface area contributed by atoms with Crippen molar-refractivity contribution in [2.24, 2.45) is 5.92 Å². The molecule has 0 aliphatic heterocycles. The molecule has 1 aromatic rings. The molecule has 1 aliphatic rings. The highest BCUT2D eigenvalue weighted by molar-refractivity contribution is 5.20. The van der Waals surface area contributed by atoms with Crippen LogP contribution in [0.5, 0.6) is 5.88 Å². The Labute approximate surface area is 116 Å². The molecule has 0 N–H and O–H groups in total. The Morgan fingerprint density at radius 3 is 2.53 bits per heavy atom. The minimum Gasteiger partial charge on any atom is -0.475 e. The van der Waals surface area contributed by atoms with Gasteiger partial charge in [-0.3, -0.25) is 0 Å². The Hall–Kier alpha value is -1.09. The van der Waals surface area contributed by atoms with E-state index in [0.717, 1.165) is 24.5 Å². The van der Waals surface area contributed by atoms with E-state index in [9.17, 15) is 0 Å². The van der Waals surface area contributed by atoms with E-state index < -0.39 is 0 Å². The summed E-state index contributed by atoms with van der Waals surface area (Å²) in [5.41, 5.74) is 0.575. The van der Waals surface area contributed by atoms with Crippen LogP contribution in [0.3, 0.4) is 0 Å². The molecule has 0 atom stereocenters. The number of aromatic nitrogens is 1. The van der Waals surface area contributed by atoms with Crippen molar-refractivity contribution in [1.82, 2.24) is 4.98 Å². The second-order valence-corrected chi connectivity index (χ2v) is 6.35. The summed E-state index contributed by atoms with van der Waals surface area (Å²) in [4.78, 5) is 4.57. The number of hydrogen-bond donors (Lipinski definition) is 0. The fourth-order valence-corrected chi connectivity index (χ4v) is 2.46. The first kappa shape index (κ1) is 14.3. The molecule has 19 heavy (non-hydrogen) atoms. The second-order valence-electron chi connectivity index (χ2n) is 6.35. The molecule has 0 radical (unpaired) electrons. The van der Waals surface area contributed by atoms with Crippen LogP contribution < -0.4 is 4.74 Å². The molecular weight excluding hydrogens is 238 g/mol. The van der Waals surface area contributed by atoms with Crippen molar-refractivity contribution >= 4 is 0 Å². The van der Waals surface area contributed by atoms with Crippen molar-refractivity contribution < 1.29 is 9.47 Å². The molecule has 0 spiro atoms. The first-order chi connectivity index (χ1) is 8.87. The van der Waals surface area contributed by atoms with Crippen molar-refractivity contribution in [2.45, 2.75) is 65.3 Å². The number of nitrogens with zero attached hydrogens (tertiary/aromatic N) is 1. The maximum absolute atomic E-state index is 6.17. The van der Waals surface area contributed by atoms with Crippen LogP contribution in [0.1, 0.15) is 53.2 Å². The van der Waals surface area contributed by atoms with Crippen LogP contribution in [0.15, 0.2) is 18.2 Å². The summed E-state index contributed by atoms with van der Waals surface area (Å²) in [5, 5.41) is 0. The van der Waals surface area contributed by atoms with Gasteiger partial charge in [0.2, 0.25) is 5.88 Å². The second kappa shape index (κ2) is 5.49. The average Bonchev–Trinajstić information content (AvgIpc) is 2.26. The number of ether oxygens (including phenoxy) is 2. The molecule has 1 aromatic heterocycles. The molecule has 1 heterocycles. The van der Waals surface area contributed by atoms with E-state index in [1.54, 1.807) is 0 Å². The lowest BCUT2D eigenvalue weighted by atomic mass is 9.83. The highest BCUT2D eigenvalue weighted by atomic mass is 16.5. The third-order valence-corrected chi connectivity index (χ3v) is 3.49. The number of hydrogen-bond acceptors (Lipinski definition) is 3. The number of pyridine rings is 1. The van der Waals surface area contributed by atoms with Gasteiger partial charge in [-0.05, 0) is 52.5 Å². The zero-order chi connectivity index (χ0) is 14.0. The summed E-state index contributed by atoms with van der Waals surface area (Å²) in [6.45, 7) is 10.4. The van der Waals surface area contributed by atoms with Gasteiger partial charge < -0.3 is 9.47 Å². The van der Waals surface area contributed by atoms with E-state index in [-0.39, 0.29) is 11.7 Å². The van der Waals surface area contributed by atoms with Gasteiger partial charge in [0.15, 0.2) is 0 Å². The molecule has 3 nitrogen and oxygen atoms in total. The van der Waals surface area contributed by atoms with Gasteiger partial charge in [-0.15, -0.1) is 0 Å². The minimum absolute atomic E-state index is 0.138. The average molecular weight is 263 g/mol. The lowest BCUT2D eigenvalue weighted by Crippen LogP contribution is -2.37. The molecule has 0 amide bonds. The van der Waals surface area contributed by atoms with Gasteiger partial charge in [-0.25, -0.2) is 4.98 Å². The van der Waals surface area contributed by atoms with Gasteiger partial charge in [0.05, 0.1) is 17.9 Å². The fraction of sp³-hybridized carbons (Fsp3) is 0.688. The number of rotatable bonds is 5. The van der Waals surface area contributed by atoms with E-state index in [0.29, 0.717) is 12.0 Å². The standard InChI is InChI=1S/C16H25NO2/c1-11(2)18-15-8-6-7-14(17-15)16(4,5)19-13-9-12(3)10-13/h6-8,11-13H,9-10H2,1-5H3/t12-,13-. The highest BCUT2D eigenvalue weighted by Crippen LogP contribution is 2.36. The molecule has 0 bridgehead atoms. The summed E-state index contributed by atoms with van der Waals surface area (Å²) in [7, 11) is 0. The predicted molar refractivity (Wildman–Crippen MR) is 76.3 cm³/mol. The summed E-state index contributed by atoms with van der Waals surface area (Å²) >= 11 is 0. The molecule has 1 aliphatic carbocycles. The molecule has 0 saturated heterocycles. The van der Waals surface area contributed by atoms with Crippen molar-refractivity contribution in [3.05, 3.63) is 23.9 Å². The third-order valence-electron chi connectivity index (χ3n) is 3.49. The van der Waals surface area contributed by atoms with Gasteiger partial charge in [0.1, 0.15) is 5.60 Å².